The van der Waals surface area contributed by atoms with Gasteiger partial charge in [0.05, 0.1) is 38.4 Å². The molecule has 0 spiro atoms. The molecule has 0 aliphatic heterocycles. The van der Waals surface area contributed by atoms with Gasteiger partial charge in [0.2, 0.25) is 5.91 Å². The van der Waals surface area contributed by atoms with Gasteiger partial charge in [-0.1, -0.05) is 0 Å². The second-order valence-electron chi connectivity index (χ2n) is 5.98. The summed E-state index contributed by atoms with van der Waals surface area (Å²) in [6.07, 6.45) is -0.738. The summed E-state index contributed by atoms with van der Waals surface area (Å²) in [6, 6.07) is 3.00. The average molecular weight is 392 g/mol. The number of aliphatic carboxylic acids is 1. The van der Waals surface area contributed by atoms with Crippen molar-refractivity contribution in [3.63, 3.8) is 0 Å². The number of ketones is 1. The van der Waals surface area contributed by atoms with Crippen LogP contribution in [0.5, 0.6) is 11.5 Å². The van der Waals surface area contributed by atoms with Gasteiger partial charge in [0, 0.05) is 17.9 Å². The Hall–Kier alpha value is -3.56. The first-order valence-electron chi connectivity index (χ1n) is 8.22. The number of aromatic nitrogens is 1. The van der Waals surface area contributed by atoms with E-state index in [1.165, 1.54) is 37.8 Å². The number of benzene rings is 1. The topological polar surface area (TPSA) is 144 Å². The van der Waals surface area contributed by atoms with Gasteiger partial charge in [-0.2, -0.15) is 0 Å². The van der Waals surface area contributed by atoms with Crippen molar-refractivity contribution >= 4 is 40.2 Å². The van der Waals surface area contributed by atoms with Crippen LogP contribution in [0.2, 0.25) is 0 Å². The largest absolute Gasteiger partial charge is 0.493 e. The lowest BCUT2D eigenvalue weighted by atomic mass is 10.2. The van der Waals surface area contributed by atoms with Gasteiger partial charge in [0.1, 0.15) is 5.78 Å². The molecule has 0 unspecified atom stereocenters. The summed E-state index contributed by atoms with van der Waals surface area (Å²) in [7, 11) is 2.81. The van der Waals surface area contributed by atoms with Gasteiger partial charge in [-0.3, -0.25) is 14.4 Å². The molecule has 10 heteroatoms. The maximum Gasteiger partial charge on any atom is 0.354 e. The standard InChI is InChI=1S/C18H20N2O8/c1-9(21)8-20-11-7-13(28-3)12(27-2)6-10(11)16(17(20)18(25)26)19-14(22)4-5-15(23)24/h6-7H,4-5,8H2,1-3H3,(H,19,22)(H,23,24)(H,25,26). The predicted octanol–water partition coefficient (Wildman–Crippen LogP) is 1.75. The summed E-state index contributed by atoms with van der Waals surface area (Å²) in [6.45, 7) is 1.07. The Bertz CT molecular complexity index is 960. The third-order valence-electron chi connectivity index (χ3n) is 3.98. The Kier molecular flexibility index (Phi) is 6.24. The summed E-state index contributed by atoms with van der Waals surface area (Å²) < 4.78 is 11.7. The molecule has 28 heavy (non-hydrogen) atoms. The van der Waals surface area contributed by atoms with Crippen molar-refractivity contribution in [1.29, 1.82) is 0 Å². The Morgan fingerprint density at radius 1 is 1.04 bits per heavy atom. The van der Waals surface area contributed by atoms with E-state index < -0.39 is 24.3 Å². The van der Waals surface area contributed by atoms with Gasteiger partial charge in [-0.05, 0) is 13.0 Å². The zero-order valence-electron chi connectivity index (χ0n) is 15.6. The summed E-state index contributed by atoms with van der Waals surface area (Å²) in [5.41, 5.74) is 0.00283. The molecule has 0 aliphatic carbocycles. The number of Topliss-reactive ketones (excluding diaryl/α,β-unsaturated/α-hetero) is 1. The Morgan fingerprint density at radius 3 is 2.14 bits per heavy atom. The smallest absolute Gasteiger partial charge is 0.354 e. The van der Waals surface area contributed by atoms with Gasteiger partial charge in [0.15, 0.2) is 17.2 Å². The molecule has 0 radical (unpaired) electrons. The van der Waals surface area contributed by atoms with Gasteiger partial charge in [0.25, 0.3) is 0 Å². The molecule has 0 saturated heterocycles. The van der Waals surface area contributed by atoms with Crippen molar-refractivity contribution in [3.05, 3.63) is 17.8 Å². The van der Waals surface area contributed by atoms with Crippen molar-refractivity contribution < 1.29 is 38.9 Å². The van der Waals surface area contributed by atoms with Crippen LogP contribution in [-0.2, 0) is 20.9 Å². The first-order valence-corrected chi connectivity index (χ1v) is 8.22. The molecule has 0 bridgehead atoms. The number of carbonyl (C=O) groups excluding carboxylic acids is 2. The van der Waals surface area contributed by atoms with Crippen LogP contribution >= 0.6 is 0 Å². The first kappa shape index (κ1) is 20.7. The number of rotatable bonds is 9. The van der Waals surface area contributed by atoms with Crippen LogP contribution in [0.25, 0.3) is 10.9 Å². The lowest BCUT2D eigenvalue weighted by Gasteiger charge is -2.09. The fraction of sp³-hybridized carbons (Fsp3) is 0.333. The summed E-state index contributed by atoms with van der Waals surface area (Å²) >= 11 is 0. The Morgan fingerprint density at radius 2 is 1.64 bits per heavy atom. The van der Waals surface area contributed by atoms with Gasteiger partial charge >= 0.3 is 11.9 Å². The van der Waals surface area contributed by atoms with E-state index in [1.54, 1.807) is 0 Å². The number of fused-ring (bicyclic) bond motifs is 1. The number of amides is 1. The fourth-order valence-corrected chi connectivity index (χ4v) is 2.83. The summed E-state index contributed by atoms with van der Waals surface area (Å²) in [5.74, 6) is -2.85. The molecule has 1 heterocycles. The monoisotopic (exact) mass is 392 g/mol. The highest BCUT2D eigenvalue weighted by atomic mass is 16.5. The number of nitrogens with zero attached hydrogens (tertiary/aromatic N) is 1. The molecule has 0 fully saturated rings. The van der Waals surface area contributed by atoms with Crippen LogP contribution in [0, 0.1) is 0 Å². The van der Waals surface area contributed by atoms with Gasteiger partial charge in [-0.25, -0.2) is 4.79 Å². The van der Waals surface area contributed by atoms with Crippen molar-refractivity contribution in [2.75, 3.05) is 19.5 Å². The number of anilines is 1. The second-order valence-corrected chi connectivity index (χ2v) is 5.98. The second kappa shape index (κ2) is 8.42. The zero-order chi connectivity index (χ0) is 21.0. The third kappa shape index (κ3) is 4.22. The minimum atomic E-state index is -1.36. The maximum absolute atomic E-state index is 12.1. The number of carboxylic acid groups (broad SMARTS) is 2. The molecule has 3 N–H and O–H groups in total. The highest BCUT2D eigenvalue weighted by Crippen LogP contribution is 2.39. The van der Waals surface area contributed by atoms with E-state index in [0.717, 1.165) is 0 Å². The predicted molar refractivity (Wildman–Crippen MR) is 98.2 cm³/mol. The van der Waals surface area contributed by atoms with Crippen LogP contribution in [0.1, 0.15) is 30.3 Å². The van der Waals surface area contributed by atoms with Crippen LogP contribution < -0.4 is 14.8 Å². The SMILES string of the molecule is COc1cc2c(NC(=O)CCC(=O)O)c(C(=O)O)n(CC(C)=O)c2cc1OC. The van der Waals surface area contributed by atoms with E-state index in [9.17, 15) is 24.3 Å². The molecule has 1 amide bonds. The number of ether oxygens (including phenoxy) is 2. The van der Waals surface area contributed by atoms with E-state index in [4.69, 9.17) is 14.6 Å². The number of methoxy groups -OCH3 is 2. The number of carbonyl (C=O) groups is 4. The number of carboxylic acids is 2. The molecular formula is C18H20N2O8. The van der Waals surface area contributed by atoms with Gasteiger partial charge < -0.3 is 29.6 Å². The van der Waals surface area contributed by atoms with E-state index in [2.05, 4.69) is 5.32 Å². The lowest BCUT2D eigenvalue weighted by Crippen LogP contribution is -2.18. The highest BCUT2D eigenvalue weighted by molar-refractivity contribution is 6.12. The zero-order valence-corrected chi connectivity index (χ0v) is 15.6. The molecule has 150 valence electrons. The quantitative estimate of drug-likeness (QED) is 0.585. The number of hydrogen-bond donors (Lipinski definition) is 3. The van der Waals surface area contributed by atoms with E-state index in [1.807, 2.05) is 0 Å². The van der Waals surface area contributed by atoms with E-state index in [0.29, 0.717) is 22.4 Å². The van der Waals surface area contributed by atoms with Crippen molar-refractivity contribution in [2.45, 2.75) is 26.3 Å². The van der Waals surface area contributed by atoms with Crippen molar-refractivity contribution in [3.8, 4) is 11.5 Å². The maximum atomic E-state index is 12.1. The van der Waals surface area contributed by atoms with Gasteiger partial charge in [-0.15, -0.1) is 0 Å². The minimum absolute atomic E-state index is 0.0416. The number of hydrogen-bond acceptors (Lipinski definition) is 6. The molecule has 1 aromatic heterocycles. The molecule has 10 nitrogen and oxygen atoms in total. The number of nitrogens with one attached hydrogen (secondary N) is 1. The van der Waals surface area contributed by atoms with E-state index >= 15 is 0 Å². The average Bonchev–Trinajstić information content (AvgIpc) is 2.90. The van der Waals surface area contributed by atoms with Crippen molar-refractivity contribution in [2.24, 2.45) is 0 Å². The molecule has 0 aliphatic rings. The summed E-state index contributed by atoms with van der Waals surface area (Å²) in [4.78, 5) is 46.4. The lowest BCUT2D eigenvalue weighted by molar-refractivity contribution is -0.138. The summed E-state index contributed by atoms with van der Waals surface area (Å²) in [5, 5.41) is 21.2. The molecule has 2 rings (SSSR count). The molecule has 0 atom stereocenters. The molecule has 1 aromatic carbocycles. The Balaban J connectivity index is 2.72. The van der Waals surface area contributed by atoms with Crippen molar-refractivity contribution in [1.82, 2.24) is 4.57 Å². The number of aromatic carboxylic acids is 1. The van der Waals surface area contributed by atoms with Crippen LogP contribution in [0.15, 0.2) is 12.1 Å². The molecular weight excluding hydrogens is 372 g/mol. The Labute approximate surface area is 159 Å². The normalized spacial score (nSPS) is 10.5. The van der Waals surface area contributed by atoms with E-state index in [-0.39, 0.29) is 30.1 Å². The first-order chi connectivity index (χ1) is 13.2. The highest BCUT2D eigenvalue weighted by Gasteiger charge is 2.26. The molecule has 0 saturated carbocycles. The third-order valence-corrected chi connectivity index (χ3v) is 3.98. The van der Waals surface area contributed by atoms with Crippen LogP contribution in [0.3, 0.4) is 0 Å². The minimum Gasteiger partial charge on any atom is -0.493 e. The van der Waals surface area contributed by atoms with Crippen LogP contribution in [-0.4, -0.2) is 52.6 Å². The fourth-order valence-electron chi connectivity index (χ4n) is 2.83. The molecule has 2 aromatic rings. The van der Waals surface area contributed by atoms with Crippen LogP contribution in [0.4, 0.5) is 5.69 Å².